The van der Waals surface area contributed by atoms with Crippen LogP contribution < -0.4 is 20.4 Å². The summed E-state index contributed by atoms with van der Waals surface area (Å²) in [6.07, 6.45) is 1.22. The molecule has 0 bridgehead atoms. The fourth-order valence-corrected chi connectivity index (χ4v) is 3.65. The van der Waals surface area contributed by atoms with E-state index in [1.807, 2.05) is 50.2 Å². The van der Waals surface area contributed by atoms with Crippen LogP contribution in [0, 0.1) is 13.8 Å². The molecular weight excluding hydrogens is 382 g/mol. The Bertz CT molecular complexity index is 1120. The van der Waals surface area contributed by atoms with Crippen LogP contribution in [0.2, 0.25) is 0 Å². The smallest absolute Gasteiger partial charge is 0.339 e. The van der Waals surface area contributed by atoms with E-state index in [-0.39, 0.29) is 12.3 Å². The molecule has 1 N–H and O–H groups in total. The molecule has 6 heteroatoms. The zero-order chi connectivity index (χ0) is 21.7. The van der Waals surface area contributed by atoms with Crippen LogP contribution in [0.1, 0.15) is 28.7 Å². The number of methoxy groups -OCH3 is 2. The standard InChI is InChI=1S/C24H27NO5/c1-15-18-9-11-20(28-3)16(2)23(18)30-24(27)19(15)10-12-22(26)25-14-13-17-7-5-6-8-21(17)29-4/h5-9,11H,10,12-14H2,1-4H3,(H,25,26). The number of para-hydroxylation sites is 1. The quantitative estimate of drug-likeness (QED) is 0.574. The first-order valence-electron chi connectivity index (χ1n) is 9.94. The Hall–Kier alpha value is -3.28. The molecule has 1 amide bonds. The topological polar surface area (TPSA) is 77.8 Å². The third kappa shape index (κ3) is 4.48. The van der Waals surface area contributed by atoms with E-state index in [4.69, 9.17) is 13.9 Å². The fraction of sp³-hybridized carbons (Fsp3) is 0.333. The van der Waals surface area contributed by atoms with E-state index in [9.17, 15) is 9.59 Å². The van der Waals surface area contributed by atoms with E-state index in [1.54, 1.807) is 14.2 Å². The number of benzene rings is 2. The van der Waals surface area contributed by atoms with Crippen molar-refractivity contribution in [2.75, 3.05) is 20.8 Å². The van der Waals surface area contributed by atoms with Gasteiger partial charge in [-0.3, -0.25) is 4.79 Å². The normalized spacial score (nSPS) is 10.8. The van der Waals surface area contributed by atoms with Gasteiger partial charge in [-0.05, 0) is 56.0 Å². The Labute approximate surface area is 175 Å². The minimum Gasteiger partial charge on any atom is -0.496 e. The Balaban J connectivity index is 1.65. The van der Waals surface area contributed by atoms with Crippen molar-refractivity contribution in [1.82, 2.24) is 5.32 Å². The SMILES string of the molecule is COc1ccccc1CCNC(=O)CCc1c(C)c2ccc(OC)c(C)c2oc1=O. The first kappa shape index (κ1) is 21.4. The molecule has 0 fully saturated rings. The zero-order valence-electron chi connectivity index (χ0n) is 17.8. The molecule has 0 atom stereocenters. The molecule has 6 nitrogen and oxygen atoms in total. The minimum absolute atomic E-state index is 0.102. The van der Waals surface area contributed by atoms with Gasteiger partial charge in [-0.25, -0.2) is 4.79 Å². The van der Waals surface area contributed by atoms with Gasteiger partial charge in [0.2, 0.25) is 5.91 Å². The Kier molecular flexibility index (Phi) is 6.77. The second-order valence-electron chi connectivity index (χ2n) is 7.17. The lowest BCUT2D eigenvalue weighted by molar-refractivity contribution is -0.121. The molecule has 158 valence electrons. The van der Waals surface area contributed by atoms with Crippen LogP contribution in [0.3, 0.4) is 0 Å². The Morgan fingerprint density at radius 3 is 2.43 bits per heavy atom. The summed E-state index contributed by atoms with van der Waals surface area (Å²) >= 11 is 0. The largest absolute Gasteiger partial charge is 0.496 e. The number of nitrogens with one attached hydrogen (secondary N) is 1. The first-order valence-corrected chi connectivity index (χ1v) is 9.94. The van der Waals surface area contributed by atoms with Gasteiger partial charge in [-0.1, -0.05) is 18.2 Å². The average Bonchev–Trinajstić information content (AvgIpc) is 2.74. The van der Waals surface area contributed by atoms with Gasteiger partial charge in [0.25, 0.3) is 0 Å². The monoisotopic (exact) mass is 409 g/mol. The lowest BCUT2D eigenvalue weighted by Gasteiger charge is -2.12. The lowest BCUT2D eigenvalue weighted by atomic mass is 10.00. The van der Waals surface area contributed by atoms with Crippen molar-refractivity contribution < 1.29 is 18.7 Å². The molecule has 30 heavy (non-hydrogen) atoms. The molecule has 1 aromatic heterocycles. The number of carbonyl (C=O) groups excluding carboxylic acids is 1. The predicted octanol–water partition coefficient (Wildman–Crippen LogP) is 3.72. The number of hydrogen-bond acceptors (Lipinski definition) is 5. The van der Waals surface area contributed by atoms with Gasteiger partial charge >= 0.3 is 5.63 Å². The van der Waals surface area contributed by atoms with Crippen LogP contribution in [-0.2, 0) is 17.6 Å². The number of aryl methyl sites for hydroxylation is 2. The number of amides is 1. The molecule has 0 spiro atoms. The highest BCUT2D eigenvalue weighted by molar-refractivity contribution is 5.85. The van der Waals surface area contributed by atoms with Gasteiger partial charge in [0.15, 0.2) is 0 Å². The summed E-state index contributed by atoms with van der Waals surface area (Å²) in [5.41, 5.74) is 3.33. The van der Waals surface area contributed by atoms with Gasteiger partial charge in [0.1, 0.15) is 17.1 Å². The van der Waals surface area contributed by atoms with Crippen molar-refractivity contribution in [1.29, 1.82) is 0 Å². The van der Waals surface area contributed by atoms with E-state index >= 15 is 0 Å². The van der Waals surface area contributed by atoms with Crippen molar-refractivity contribution in [2.45, 2.75) is 33.1 Å². The van der Waals surface area contributed by atoms with E-state index < -0.39 is 5.63 Å². The summed E-state index contributed by atoms with van der Waals surface area (Å²) in [4.78, 5) is 24.8. The van der Waals surface area contributed by atoms with E-state index in [2.05, 4.69) is 5.32 Å². The highest BCUT2D eigenvalue weighted by Crippen LogP contribution is 2.29. The molecule has 0 aliphatic carbocycles. The predicted molar refractivity (Wildman–Crippen MR) is 117 cm³/mol. The summed E-state index contributed by atoms with van der Waals surface area (Å²) in [6, 6.07) is 11.5. The van der Waals surface area contributed by atoms with Gasteiger partial charge in [0, 0.05) is 29.5 Å². The number of carbonyl (C=O) groups is 1. The summed E-state index contributed by atoms with van der Waals surface area (Å²) in [7, 11) is 3.21. The fourth-order valence-electron chi connectivity index (χ4n) is 3.65. The number of rotatable bonds is 8. The summed E-state index contributed by atoms with van der Waals surface area (Å²) in [5, 5.41) is 3.77. The maximum Gasteiger partial charge on any atom is 0.339 e. The van der Waals surface area contributed by atoms with E-state index in [0.717, 1.165) is 27.8 Å². The van der Waals surface area contributed by atoms with Crippen LogP contribution in [0.15, 0.2) is 45.6 Å². The third-order valence-electron chi connectivity index (χ3n) is 5.39. The molecule has 0 aliphatic rings. The number of hydrogen-bond donors (Lipinski definition) is 1. The summed E-state index contributed by atoms with van der Waals surface area (Å²) < 4.78 is 16.2. The summed E-state index contributed by atoms with van der Waals surface area (Å²) in [5.74, 6) is 1.38. The maximum atomic E-state index is 12.5. The third-order valence-corrected chi connectivity index (χ3v) is 5.39. The molecule has 0 radical (unpaired) electrons. The van der Waals surface area contributed by atoms with Crippen molar-refractivity contribution in [2.24, 2.45) is 0 Å². The Morgan fingerprint density at radius 2 is 1.70 bits per heavy atom. The average molecular weight is 409 g/mol. The molecule has 0 unspecified atom stereocenters. The van der Waals surface area contributed by atoms with E-state index in [0.29, 0.717) is 36.3 Å². The van der Waals surface area contributed by atoms with Crippen LogP contribution in [0.25, 0.3) is 11.0 Å². The molecule has 2 aromatic carbocycles. The Morgan fingerprint density at radius 1 is 0.967 bits per heavy atom. The lowest BCUT2D eigenvalue weighted by Crippen LogP contribution is -2.26. The number of ether oxygens (including phenoxy) is 2. The first-order chi connectivity index (χ1) is 14.5. The van der Waals surface area contributed by atoms with Gasteiger partial charge in [-0.2, -0.15) is 0 Å². The van der Waals surface area contributed by atoms with Crippen LogP contribution in [0.4, 0.5) is 0 Å². The van der Waals surface area contributed by atoms with Crippen LogP contribution in [-0.4, -0.2) is 26.7 Å². The second-order valence-corrected chi connectivity index (χ2v) is 7.17. The molecule has 1 heterocycles. The molecule has 0 aliphatic heterocycles. The van der Waals surface area contributed by atoms with E-state index in [1.165, 1.54) is 0 Å². The molecule has 3 aromatic rings. The van der Waals surface area contributed by atoms with Gasteiger partial charge in [0.05, 0.1) is 14.2 Å². The molecular formula is C24H27NO5. The maximum absolute atomic E-state index is 12.5. The zero-order valence-corrected chi connectivity index (χ0v) is 17.8. The molecule has 3 rings (SSSR count). The summed E-state index contributed by atoms with van der Waals surface area (Å²) in [6.45, 7) is 4.25. The molecule has 0 saturated carbocycles. The van der Waals surface area contributed by atoms with Gasteiger partial charge in [-0.15, -0.1) is 0 Å². The van der Waals surface area contributed by atoms with Crippen molar-refractivity contribution in [3.05, 3.63) is 69.1 Å². The van der Waals surface area contributed by atoms with Gasteiger partial charge < -0.3 is 19.2 Å². The highest BCUT2D eigenvalue weighted by Gasteiger charge is 2.16. The van der Waals surface area contributed by atoms with Crippen molar-refractivity contribution in [3.63, 3.8) is 0 Å². The van der Waals surface area contributed by atoms with Crippen LogP contribution >= 0.6 is 0 Å². The molecule has 0 saturated heterocycles. The van der Waals surface area contributed by atoms with Crippen LogP contribution in [0.5, 0.6) is 11.5 Å². The van der Waals surface area contributed by atoms with Crippen molar-refractivity contribution >= 4 is 16.9 Å². The minimum atomic E-state index is -0.404. The van der Waals surface area contributed by atoms with Crippen molar-refractivity contribution in [3.8, 4) is 11.5 Å². The highest BCUT2D eigenvalue weighted by atomic mass is 16.5. The number of fused-ring (bicyclic) bond motifs is 1. The second kappa shape index (κ2) is 9.48.